The lowest BCUT2D eigenvalue weighted by Gasteiger charge is -2.29. The highest BCUT2D eigenvalue weighted by atomic mass is 16.4. The molecular formula is C15H23N3O12. The quantitative estimate of drug-likeness (QED) is 0.123. The zero-order valence-electron chi connectivity index (χ0n) is 15.7. The Hall–Kier alpha value is -3.30. The van der Waals surface area contributed by atoms with Crippen LogP contribution in [-0.2, 0) is 28.8 Å². The van der Waals surface area contributed by atoms with Gasteiger partial charge in [0, 0.05) is 26.2 Å². The summed E-state index contributed by atoms with van der Waals surface area (Å²) in [6, 6.07) is -2.18. The number of carboxylic acid groups (broad SMARTS) is 6. The van der Waals surface area contributed by atoms with E-state index in [-0.39, 0.29) is 19.6 Å². The lowest BCUT2D eigenvalue weighted by molar-refractivity contribution is -0.158. The van der Waals surface area contributed by atoms with Gasteiger partial charge in [0.25, 0.3) is 0 Å². The van der Waals surface area contributed by atoms with E-state index in [9.17, 15) is 28.8 Å². The van der Waals surface area contributed by atoms with E-state index < -0.39 is 74.6 Å². The summed E-state index contributed by atoms with van der Waals surface area (Å²) in [4.78, 5) is 68.8. The van der Waals surface area contributed by atoms with E-state index in [1.807, 2.05) is 0 Å². The molecule has 0 radical (unpaired) electrons. The Kier molecular flexibility index (Phi) is 11.6. The largest absolute Gasteiger partial charge is 0.480 e. The fraction of sp³-hybridized carbons (Fsp3) is 0.600. The first-order valence-corrected chi connectivity index (χ1v) is 8.35. The van der Waals surface area contributed by atoms with E-state index in [1.165, 1.54) is 4.90 Å². The van der Waals surface area contributed by atoms with Crippen LogP contribution in [0.4, 0.5) is 0 Å². The SMILES string of the molecule is O=C(O)CN(CCN(CC(=O)O)CC(=O)O)CCN(CC(=O)O)C(C(=O)O)C(=O)O. The molecule has 0 aliphatic heterocycles. The van der Waals surface area contributed by atoms with Crippen molar-refractivity contribution in [3.63, 3.8) is 0 Å². The molecule has 0 fully saturated rings. The fourth-order valence-electron chi connectivity index (χ4n) is 2.50. The molecule has 6 N–H and O–H groups in total. The van der Waals surface area contributed by atoms with Gasteiger partial charge in [0.2, 0.25) is 6.04 Å². The van der Waals surface area contributed by atoms with Crippen molar-refractivity contribution in [2.24, 2.45) is 0 Å². The summed E-state index contributed by atoms with van der Waals surface area (Å²) in [6.07, 6.45) is 0. The monoisotopic (exact) mass is 437 g/mol. The Morgan fingerprint density at radius 1 is 0.500 bits per heavy atom. The van der Waals surface area contributed by atoms with Crippen molar-refractivity contribution in [1.29, 1.82) is 0 Å². The summed E-state index contributed by atoms with van der Waals surface area (Å²) >= 11 is 0. The van der Waals surface area contributed by atoms with Crippen LogP contribution < -0.4 is 0 Å². The molecular weight excluding hydrogens is 414 g/mol. The van der Waals surface area contributed by atoms with Gasteiger partial charge in [-0.3, -0.25) is 33.9 Å². The molecule has 170 valence electrons. The Morgan fingerprint density at radius 2 is 0.833 bits per heavy atom. The Bertz CT molecular complexity index is 637. The van der Waals surface area contributed by atoms with Gasteiger partial charge in [-0.05, 0) is 0 Å². The second-order valence-electron chi connectivity index (χ2n) is 6.11. The van der Waals surface area contributed by atoms with Crippen molar-refractivity contribution >= 4 is 35.8 Å². The summed E-state index contributed by atoms with van der Waals surface area (Å²) in [6.45, 7) is -3.85. The highest BCUT2D eigenvalue weighted by Crippen LogP contribution is 2.03. The summed E-state index contributed by atoms with van der Waals surface area (Å²) in [5, 5.41) is 53.6. The van der Waals surface area contributed by atoms with Crippen molar-refractivity contribution in [1.82, 2.24) is 14.7 Å². The average Bonchev–Trinajstić information content (AvgIpc) is 2.54. The molecule has 0 rings (SSSR count). The normalized spacial score (nSPS) is 11.2. The molecule has 0 saturated carbocycles. The van der Waals surface area contributed by atoms with Crippen LogP contribution in [0.2, 0.25) is 0 Å². The van der Waals surface area contributed by atoms with Crippen LogP contribution in [0.1, 0.15) is 0 Å². The van der Waals surface area contributed by atoms with Crippen LogP contribution in [0, 0.1) is 0 Å². The first-order valence-electron chi connectivity index (χ1n) is 8.35. The fourth-order valence-corrected chi connectivity index (χ4v) is 2.50. The molecule has 30 heavy (non-hydrogen) atoms. The number of nitrogens with zero attached hydrogens (tertiary/aromatic N) is 3. The van der Waals surface area contributed by atoms with Gasteiger partial charge in [0.1, 0.15) is 0 Å². The van der Waals surface area contributed by atoms with Gasteiger partial charge in [-0.25, -0.2) is 9.59 Å². The molecule has 0 spiro atoms. The molecule has 15 heteroatoms. The zero-order valence-corrected chi connectivity index (χ0v) is 15.7. The minimum absolute atomic E-state index is 0.154. The molecule has 0 aromatic carbocycles. The maximum absolute atomic E-state index is 11.2. The van der Waals surface area contributed by atoms with Crippen LogP contribution in [0.15, 0.2) is 0 Å². The first kappa shape index (κ1) is 26.7. The van der Waals surface area contributed by atoms with Gasteiger partial charge in [0.05, 0.1) is 26.2 Å². The van der Waals surface area contributed by atoms with Crippen LogP contribution in [-0.4, -0.2) is 140 Å². The van der Waals surface area contributed by atoms with E-state index in [2.05, 4.69) is 0 Å². The third-order valence-corrected chi connectivity index (χ3v) is 3.68. The second-order valence-corrected chi connectivity index (χ2v) is 6.11. The van der Waals surface area contributed by atoms with Crippen LogP contribution in [0.3, 0.4) is 0 Å². The molecule has 0 aliphatic carbocycles. The van der Waals surface area contributed by atoms with Gasteiger partial charge in [-0.2, -0.15) is 0 Å². The number of aliphatic carboxylic acids is 6. The summed E-state index contributed by atoms with van der Waals surface area (Å²) in [5.74, 6) is -9.03. The highest BCUT2D eigenvalue weighted by Gasteiger charge is 2.34. The van der Waals surface area contributed by atoms with Crippen molar-refractivity contribution in [2.45, 2.75) is 6.04 Å². The Balaban J connectivity index is 5.26. The number of carboxylic acids is 6. The van der Waals surface area contributed by atoms with E-state index in [0.717, 1.165) is 4.90 Å². The molecule has 0 aliphatic rings. The summed E-state index contributed by atoms with van der Waals surface area (Å²) < 4.78 is 0. The van der Waals surface area contributed by atoms with E-state index in [1.54, 1.807) is 0 Å². The van der Waals surface area contributed by atoms with Crippen LogP contribution in [0.25, 0.3) is 0 Å². The van der Waals surface area contributed by atoms with Crippen molar-refractivity contribution < 1.29 is 59.4 Å². The van der Waals surface area contributed by atoms with Gasteiger partial charge >= 0.3 is 35.8 Å². The lowest BCUT2D eigenvalue weighted by atomic mass is 10.2. The third kappa shape index (κ3) is 11.5. The van der Waals surface area contributed by atoms with E-state index in [4.69, 9.17) is 30.6 Å². The van der Waals surface area contributed by atoms with Gasteiger partial charge in [0.15, 0.2) is 0 Å². The molecule has 0 atom stereocenters. The maximum Gasteiger partial charge on any atom is 0.332 e. The molecule has 0 bridgehead atoms. The second kappa shape index (κ2) is 13.0. The minimum Gasteiger partial charge on any atom is -0.480 e. The summed E-state index contributed by atoms with van der Waals surface area (Å²) in [5.41, 5.74) is 0. The lowest BCUT2D eigenvalue weighted by Crippen LogP contribution is -2.52. The predicted octanol–water partition coefficient (Wildman–Crippen LogP) is -3.23. The average molecular weight is 437 g/mol. The van der Waals surface area contributed by atoms with Gasteiger partial charge < -0.3 is 30.6 Å². The number of hydrogen-bond acceptors (Lipinski definition) is 9. The standard InChI is InChI=1S/C15H23N3O12/c19-9(20)5-16(1-2-17(6-10(21)22)7-11(23)24)3-4-18(8-12(25)26)13(14(27)28)15(29)30/h13H,1-8H2,(H,19,20)(H,21,22)(H,23,24)(H,25,26)(H,27,28)(H,29,30). The zero-order chi connectivity index (χ0) is 23.4. The van der Waals surface area contributed by atoms with E-state index in [0.29, 0.717) is 4.90 Å². The number of rotatable bonds is 17. The number of hydrogen-bond donors (Lipinski definition) is 6. The Morgan fingerprint density at radius 3 is 1.20 bits per heavy atom. The van der Waals surface area contributed by atoms with Crippen molar-refractivity contribution in [3.8, 4) is 0 Å². The number of carbonyl (C=O) groups is 6. The van der Waals surface area contributed by atoms with Crippen molar-refractivity contribution in [2.75, 3.05) is 52.4 Å². The molecule has 0 unspecified atom stereocenters. The minimum atomic E-state index is -2.18. The molecule has 0 aromatic rings. The molecule has 0 aromatic heterocycles. The van der Waals surface area contributed by atoms with Crippen LogP contribution >= 0.6 is 0 Å². The third-order valence-electron chi connectivity index (χ3n) is 3.68. The molecule has 0 heterocycles. The van der Waals surface area contributed by atoms with Crippen molar-refractivity contribution in [3.05, 3.63) is 0 Å². The molecule has 0 saturated heterocycles. The molecule has 15 nitrogen and oxygen atoms in total. The maximum atomic E-state index is 11.2. The first-order chi connectivity index (χ1) is 13.8. The predicted molar refractivity (Wildman–Crippen MR) is 94.1 cm³/mol. The smallest absolute Gasteiger partial charge is 0.332 e. The topological polar surface area (TPSA) is 234 Å². The Labute approximate surface area is 169 Å². The summed E-state index contributed by atoms with van der Waals surface area (Å²) in [7, 11) is 0. The van der Waals surface area contributed by atoms with Crippen LogP contribution in [0.5, 0.6) is 0 Å². The molecule has 0 amide bonds. The van der Waals surface area contributed by atoms with Gasteiger partial charge in [-0.1, -0.05) is 0 Å². The highest BCUT2D eigenvalue weighted by molar-refractivity contribution is 5.97. The van der Waals surface area contributed by atoms with E-state index >= 15 is 0 Å². The van der Waals surface area contributed by atoms with Gasteiger partial charge in [-0.15, -0.1) is 0 Å².